The van der Waals surface area contributed by atoms with E-state index in [2.05, 4.69) is 4.98 Å². The van der Waals surface area contributed by atoms with Crippen molar-refractivity contribution in [1.82, 2.24) is 9.55 Å². The van der Waals surface area contributed by atoms with Crippen LogP contribution in [0.1, 0.15) is 0 Å². The van der Waals surface area contributed by atoms with Crippen molar-refractivity contribution in [3.8, 4) is 0 Å². The number of benzene rings is 1. The second-order valence-corrected chi connectivity index (χ2v) is 3.78. The van der Waals surface area contributed by atoms with Gasteiger partial charge in [0.25, 0.3) is 0 Å². The maximum atomic E-state index is 12.1. The fourth-order valence-electron chi connectivity index (χ4n) is 1.76. The minimum absolute atomic E-state index is 0.0804. The maximum Gasteiger partial charge on any atom is 0.350 e. The van der Waals surface area contributed by atoms with Gasteiger partial charge in [0.15, 0.2) is 0 Å². The lowest BCUT2D eigenvalue weighted by Crippen LogP contribution is -2.21. The van der Waals surface area contributed by atoms with Crippen LogP contribution in [0.3, 0.4) is 0 Å². The van der Waals surface area contributed by atoms with Crippen LogP contribution in [-0.2, 0) is 7.05 Å². The van der Waals surface area contributed by atoms with E-state index in [1.807, 2.05) is 0 Å². The fraction of sp³-hybridized carbons (Fsp3) is 0.0833. The number of rotatable bonds is 0. The Bertz CT molecular complexity index is 846. The zero-order valence-corrected chi connectivity index (χ0v) is 9.01. The van der Waals surface area contributed by atoms with Gasteiger partial charge in [-0.25, -0.2) is 4.79 Å². The molecule has 5 nitrogen and oxygen atoms in total. The lowest BCUT2D eigenvalue weighted by molar-refractivity contribution is 0.634. The molecule has 3 aromatic rings. The third-order valence-electron chi connectivity index (χ3n) is 2.64. The molecule has 0 saturated carbocycles. The predicted octanol–water partition coefficient (Wildman–Crippen LogP) is 1.04. The molecule has 0 aliphatic rings. The fourth-order valence-corrected chi connectivity index (χ4v) is 1.76. The van der Waals surface area contributed by atoms with Crippen molar-refractivity contribution in [2.75, 3.05) is 0 Å². The van der Waals surface area contributed by atoms with Gasteiger partial charge in [0, 0.05) is 13.2 Å². The summed E-state index contributed by atoms with van der Waals surface area (Å²) in [7, 11) is 1.55. The highest BCUT2D eigenvalue weighted by Crippen LogP contribution is 2.14. The van der Waals surface area contributed by atoms with Crippen LogP contribution in [0.25, 0.3) is 22.1 Å². The normalized spacial score (nSPS) is 11.1. The van der Waals surface area contributed by atoms with Gasteiger partial charge in [-0.15, -0.1) is 0 Å². The van der Waals surface area contributed by atoms with Crippen molar-refractivity contribution in [2.24, 2.45) is 7.05 Å². The van der Waals surface area contributed by atoms with Gasteiger partial charge in [-0.3, -0.25) is 4.79 Å². The highest BCUT2D eigenvalue weighted by Gasteiger charge is 2.09. The van der Waals surface area contributed by atoms with Gasteiger partial charge in [0.05, 0.1) is 5.39 Å². The van der Waals surface area contributed by atoms with E-state index in [9.17, 15) is 9.59 Å². The van der Waals surface area contributed by atoms with E-state index in [-0.39, 0.29) is 11.1 Å². The Morgan fingerprint density at radius 3 is 2.76 bits per heavy atom. The Balaban J connectivity index is 2.64. The van der Waals surface area contributed by atoms with Crippen molar-refractivity contribution < 1.29 is 4.42 Å². The molecule has 2 aromatic heterocycles. The lowest BCUT2D eigenvalue weighted by Gasteiger charge is -2.01. The van der Waals surface area contributed by atoms with Crippen LogP contribution in [0.15, 0.2) is 44.5 Å². The number of aryl methyl sites for hydroxylation is 1. The molecule has 0 atom stereocenters. The smallest absolute Gasteiger partial charge is 0.350 e. The van der Waals surface area contributed by atoms with Crippen molar-refractivity contribution in [2.45, 2.75) is 0 Å². The molecular formula is C12H8N2O3. The van der Waals surface area contributed by atoms with Crippen LogP contribution in [0.2, 0.25) is 0 Å². The molecular weight excluding hydrogens is 220 g/mol. The average Bonchev–Trinajstić information content (AvgIpc) is 2.32. The maximum absolute atomic E-state index is 12.1. The van der Waals surface area contributed by atoms with Crippen molar-refractivity contribution >= 4 is 22.1 Å². The van der Waals surface area contributed by atoms with Crippen molar-refractivity contribution in [3.63, 3.8) is 0 Å². The van der Waals surface area contributed by atoms with Crippen LogP contribution in [0, 0.1) is 0 Å². The van der Waals surface area contributed by atoms with E-state index in [1.54, 1.807) is 31.3 Å². The minimum atomic E-state index is -0.448. The first-order chi connectivity index (χ1) is 8.16. The van der Waals surface area contributed by atoms with Gasteiger partial charge in [-0.2, -0.15) is 4.98 Å². The van der Waals surface area contributed by atoms with Gasteiger partial charge >= 0.3 is 5.69 Å². The number of hydrogen-bond acceptors (Lipinski definition) is 4. The van der Waals surface area contributed by atoms with Gasteiger partial charge in [0.2, 0.25) is 11.1 Å². The van der Waals surface area contributed by atoms with Crippen molar-refractivity contribution in [3.05, 3.63) is 51.2 Å². The van der Waals surface area contributed by atoms with E-state index in [0.29, 0.717) is 16.4 Å². The Morgan fingerprint density at radius 1 is 1.18 bits per heavy atom. The summed E-state index contributed by atoms with van der Waals surface area (Å²) < 4.78 is 6.70. The summed E-state index contributed by atoms with van der Waals surface area (Å²) in [6.45, 7) is 0. The average molecular weight is 228 g/mol. The second-order valence-electron chi connectivity index (χ2n) is 3.78. The number of fused-ring (bicyclic) bond motifs is 2. The van der Waals surface area contributed by atoms with Crippen molar-refractivity contribution in [1.29, 1.82) is 0 Å². The van der Waals surface area contributed by atoms with E-state index in [0.717, 1.165) is 0 Å². The first kappa shape index (κ1) is 9.77. The summed E-state index contributed by atoms with van der Waals surface area (Å²) in [6.07, 6.45) is 1.45. The molecule has 0 amide bonds. The standard InChI is InChI=1S/C12H8N2O3/c1-14-6-8-10(15)7-4-2-3-5-9(7)17-11(8)13-12(14)16/h2-6H,1H3. The zero-order valence-electron chi connectivity index (χ0n) is 9.01. The predicted molar refractivity (Wildman–Crippen MR) is 63.0 cm³/mol. The molecule has 0 N–H and O–H groups in total. The summed E-state index contributed by atoms with van der Waals surface area (Å²) >= 11 is 0. The summed E-state index contributed by atoms with van der Waals surface area (Å²) in [4.78, 5) is 27.2. The monoisotopic (exact) mass is 228 g/mol. The molecule has 0 fully saturated rings. The molecule has 0 saturated heterocycles. The van der Waals surface area contributed by atoms with Gasteiger partial charge in [-0.1, -0.05) is 12.1 Å². The molecule has 3 rings (SSSR count). The second kappa shape index (κ2) is 3.28. The van der Waals surface area contributed by atoms with E-state index >= 15 is 0 Å². The van der Waals surface area contributed by atoms with E-state index in [4.69, 9.17) is 4.42 Å². The molecule has 0 unspecified atom stereocenters. The number of aromatic nitrogens is 2. The lowest BCUT2D eigenvalue weighted by atomic mass is 10.2. The molecule has 2 heterocycles. The first-order valence-corrected chi connectivity index (χ1v) is 5.06. The van der Waals surface area contributed by atoms with E-state index < -0.39 is 5.69 Å². The summed E-state index contributed by atoms with van der Waals surface area (Å²) in [5.41, 5.74) is -0.108. The Hall–Kier alpha value is -2.43. The highest BCUT2D eigenvalue weighted by atomic mass is 16.3. The SMILES string of the molecule is Cn1cc2c(=O)c3ccccc3oc2nc1=O. The third kappa shape index (κ3) is 1.36. The highest BCUT2D eigenvalue weighted by molar-refractivity contribution is 5.87. The Labute approximate surface area is 94.9 Å². The first-order valence-electron chi connectivity index (χ1n) is 5.06. The van der Waals surface area contributed by atoms with Crippen LogP contribution < -0.4 is 11.1 Å². The minimum Gasteiger partial charge on any atom is -0.437 e. The van der Waals surface area contributed by atoms with Crippen LogP contribution >= 0.6 is 0 Å². The molecule has 84 valence electrons. The molecule has 0 spiro atoms. The topological polar surface area (TPSA) is 65.1 Å². The van der Waals surface area contributed by atoms with Gasteiger partial charge in [-0.05, 0) is 12.1 Å². The molecule has 17 heavy (non-hydrogen) atoms. The number of nitrogens with zero attached hydrogens (tertiary/aromatic N) is 2. The van der Waals surface area contributed by atoms with E-state index in [1.165, 1.54) is 10.8 Å². The molecule has 0 bridgehead atoms. The summed E-state index contributed by atoms with van der Waals surface area (Å²) in [5.74, 6) is 0. The van der Waals surface area contributed by atoms with Crippen LogP contribution in [0.5, 0.6) is 0 Å². The summed E-state index contributed by atoms with van der Waals surface area (Å²) in [6, 6.07) is 6.89. The van der Waals surface area contributed by atoms with Gasteiger partial charge < -0.3 is 8.98 Å². The number of para-hydroxylation sites is 1. The molecule has 0 radical (unpaired) electrons. The largest absolute Gasteiger partial charge is 0.437 e. The summed E-state index contributed by atoms with van der Waals surface area (Å²) in [5, 5.41) is 0.797. The van der Waals surface area contributed by atoms with Gasteiger partial charge in [0.1, 0.15) is 11.0 Å². The molecule has 1 aromatic carbocycles. The Kier molecular flexibility index (Phi) is 1.89. The Morgan fingerprint density at radius 2 is 1.94 bits per heavy atom. The quantitative estimate of drug-likeness (QED) is 0.539. The van der Waals surface area contributed by atoms with Crippen LogP contribution in [-0.4, -0.2) is 9.55 Å². The molecule has 0 aliphatic carbocycles. The van der Waals surface area contributed by atoms with Crippen LogP contribution in [0.4, 0.5) is 0 Å². The molecule has 0 aliphatic heterocycles. The molecule has 5 heteroatoms. The number of hydrogen-bond donors (Lipinski definition) is 0. The zero-order chi connectivity index (χ0) is 12.0. The third-order valence-corrected chi connectivity index (χ3v) is 2.64.